The van der Waals surface area contributed by atoms with Crippen LogP contribution in [0.1, 0.15) is 64.0 Å². The van der Waals surface area contributed by atoms with E-state index >= 15 is 0 Å². The number of amides is 3. The number of benzene rings is 2. The first kappa shape index (κ1) is 28.1. The summed E-state index contributed by atoms with van der Waals surface area (Å²) in [4.78, 5) is 41.5. The average Bonchev–Trinajstić information content (AvgIpc) is 3.60. The molecule has 11 heteroatoms. The van der Waals surface area contributed by atoms with Crippen LogP contribution in [0.25, 0.3) is 0 Å². The minimum absolute atomic E-state index is 0.0255. The van der Waals surface area contributed by atoms with Crippen molar-refractivity contribution in [2.45, 2.75) is 45.3 Å². The first-order chi connectivity index (χ1) is 18.8. The Morgan fingerprint density at radius 3 is 2.54 bits per heavy atom. The number of carbonyl (C=O) groups excluding carboxylic acids is 3. The highest BCUT2D eigenvalue weighted by Crippen LogP contribution is 2.35. The molecule has 10 nitrogen and oxygen atoms in total. The number of carbonyl (C=O) groups is 3. The lowest BCUT2D eigenvalue weighted by atomic mass is 10.00. The van der Waals surface area contributed by atoms with E-state index in [1.54, 1.807) is 36.4 Å². The number of ether oxygens (including phenoxy) is 2. The summed E-state index contributed by atoms with van der Waals surface area (Å²) in [6.07, 6.45) is 2.31. The van der Waals surface area contributed by atoms with Gasteiger partial charge in [0.1, 0.15) is 16.7 Å². The van der Waals surface area contributed by atoms with Gasteiger partial charge in [-0.05, 0) is 67.0 Å². The largest absolute Gasteiger partial charge is 0.494 e. The maximum absolute atomic E-state index is 14.3. The van der Waals surface area contributed by atoms with Crippen molar-refractivity contribution in [3.63, 3.8) is 0 Å². The molecule has 0 bridgehead atoms. The topological polar surface area (TPSA) is 150 Å². The zero-order valence-electron chi connectivity index (χ0n) is 22.0. The number of nitrogens with one attached hydrogen (secondary N) is 1. The Morgan fingerprint density at radius 1 is 1.18 bits per heavy atom. The molecular formula is C28H33N5O5S. The van der Waals surface area contributed by atoms with Crippen LogP contribution in [-0.2, 0) is 16.0 Å². The van der Waals surface area contributed by atoms with Gasteiger partial charge in [-0.15, -0.1) is 0 Å². The van der Waals surface area contributed by atoms with Gasteiger partial charge in [0.05, 0.1) is 18.4 Å². The van der Waals surface area contributed by atoms with Crippen molar-refractivity contribution in [1.82, 2.24) is 9.69 Å². The monoisotopic (exact) mass is 551 g/mol. The molecule has 4 rings (SSSR count). The molecular weight excluding hydrogens is 518 g/mol. The third kappa shape index (κ3) is 6.21. The summed E-state index contributed by atoms with van der Waals surface area (Å²) in [5, 5.41) is 2.99. The SMILES string of the molecule is CCOc1ccc(C(C(=O)NCC2CCCO2)N(C(=O)c2snc(C(N)=O)c2N)c2ccccc2CC)cc1. The van der Waals surface area contributed by atoms with E-state index in [4.69, 9.17) is 20.9 Å². The van der Waals surface area contributed by atoms with Crippen molar-refractivity contribution in [2.75, 3.05) is 30.4 Å². The lowest BCUT2D eigenvalue weighted by molar-refractivity contribution is -0.123. The highest BCUT2D eigenvalue weighted by Gasteiger charge is 2.37. The predicted octanol–water partition coefficient (Wildman–Crippen LogP) is 3.47. The highest BCUT2D eigenvalue weighted by atomic mass is 32.1. The van der Waals surface area contributed by atoms with E-state index < -0.39 is 17.9 Å². The van der Waals surface area contributed by atoms with Crippen molar-refractivity contribution < 1.29 is 23.9 Å². The first-order valence-corrected chi connectivity index (χ1v) is 13.7. The standard InChI is InChI=1S/C28H33N5O5S/c1-3-17-8-5-6-10-21(17)33(28(36)25-22(29)23(26(30)34)32-39-25)24(18-11-13-19(14-12-18)37-4-2)27(35)31-16-20-9-7-15-38-20/h5-6,8,10-14,20,24H,3-4,7,9,15-16,29H2,1-2H3,(H2,30,34)(H,31,35). The van der Waals surface area contributed by atoms with Crippen LogP contribution in [0.15, 0.2) is 48.5 Å². The van der Waals surface area contributed by atoms with Gasteiger partial charge in [0.2, 0.25) is 5.91 Å². The van der Waals surface area contributed by atoms with Gasteiger partial charge in [-0.2, -0.15) is 4.37 Å². The van der Waals surface area contributed by atoms with Crippen LogP contribution in [0.3, 0.4) is 0 Å². The van der Waals surface area contributed by atoms with Crippen LogP contribution in [0, 0.1) is 0 Å². The normalized spacial score (nSPS) is 15.5. The lowest BCUT2D eigenvalue weighted by Crippen LogP contribution is -2.46. The zero-order valence-corrected chi connectivity index (χ0v) is 22.8. The number of aromatic nitrogens is 1. The number of para-hydroxylation sites is 1. The van der Waals surface area contributed by atoms with Crippen molar-refractivity contribution >= 4 is 40.6 Å². The van der Waals surface area contributed by atoms with Gasteiger partial charge in [0.15, 0.2) is 5.69 Å². The molecule has 0 spiro atoms. The number of nitrogens with zero attached hydrogens (tertiary/aromatic N) is 2. The molecule has 206 valence electrons. The molecule has 0 radical (unpaired) electrons. The van der Waals surface area contributed by atoms with E-state index in [9.17, 15) is 14.4 Å². The van der Waals surface area contributed by atoms with E-state index in [1.807, 2.05) is 26.0 Å². The molecule has 39 heavy (non-hydrogen) atoms. The Morgan fingerprint density at radius 2 is 1.92 bits per heavy atom. The Labute approximate surface area is 231 Å². The van der Waals surface area contributed by atoms with Crippen LogP contribution in [0.5, 0.6) is 5.75 Å². The van der Waals surface area contributed by atoms with E-state index in [0.29, 0.717) is 43.2 Å². The summed E-state index contributed by atoms with van der Waals surface area (Å²) in [6.45, 7) is 5.32. The molecule has 3 aromatic rings. The molecule has 2 unspecified atom stereocenters. The van der Waals surface area contributed by atoms with Gasteiger partial charge >= 0.3 is 0 Å². The molecule has 1 saturated heterocycles. The summed E-state index contributed by atoms with van der Waals surface area (Å²) in [7, 11) is 0. The molecule has 5 N–H and O–H groups in total. The number of hydrogen-bond acceptors (Lipinski definition) is 8. The van der Waals surface area contributed by atoms with Gasteiger partial charge in [-0.1, -0.05) is 37.3 Å². The molecule has 1 aliphatic heterocycles. The minimum Gasteiger partial charge on any atom is -0.494 e. The minimum atomic E-state index is -1.07. The van der Waals surface area contributed by atoms with Gasteiger partial charge in [0.25, 0.3) is 11.8 Å². The first-order valence-electron chi connectivity index (χ1n) is 12.9. The second kappa shape index (κ2) is 12.7. The van der Waals surface area contributed by atoms with Gasteiger partial charge in [-0.3, -0.25) is 19.3 Å². The fraction of sp³-hybridized carbons (Fsp3) is 0.357. The number of primary amides is 1. The summed E-state index contributed by atoms with van der Waals surface area (Å²) in [5.74, 6) is -1.14. The van der Waals surface area contributed by atoms with Crippen molar-refractivity contribution in [1.29, 1.82) is 0 Å². The van der Waals surface area contributed by atoms with Crippen LogP contribution < -0.4 is 26.4 Å². The zero-order chi connectivity index (χ0) is 27.9. The van der Waals surface area contributed by atoms with Crippen LogP contribution in [0.2, 0.25) is 0 Å². The van der Waals surface area contributed by atoms with Gasteiger partial charge in [0, 0.05) is 18.8 Å². The number of hydrogen-bond donors (Lipinski definition) is 3. The molecule has 1 aliphatic rings. The molecule has 1 fully saturated rings. The molecule has 2 heterocycles. The third-order valence-corrected chi connectivity index (χ3v) is 7.40. The number of aryl methyl sites for hydroxylation is 1. The second-order valence-corrected chi connectivity index (χ2v) is 9.85. The highest BCUT2D eigenvalue weighted by molar-refractivity contribution is 7.09. The molecule has 0 aliphatic carbocycles. The van der Waals surface area contributed by atoms with Gasteiger partial charge < -0.3 is 26.3 Å². The Hall–Kier alpha value is -3.96. The van der Waals surface area contributed by atoms with Crippen molar-refractivity contribution in [3.05, 3.63) is 70.2 Å². The Bertz CT molecular complexity index is 1320. The van der Waals surface area contributed by atoms with E-state index in [1.165, 1.54) is 4.90 Å². The predicted molar refractivity (Wildman–Crippen MR) is 150 cm³/mol. The Kier molecular flexibility index (Phi) is 9.15. The number of anilines is 2. The molecule has 2 atom stereocenters. The van der Waals surface area contributed by atoms with E-state index in [0.717, 1.165) is 29.9 Å². The van der Waals surface area contributed by atoms with Crippen LogP contribution in [0.4, 0.5) is 11.4 Å². The lowest BCUT2D eigenvalue weighted by Gasteiger charge is -2.33. The van der Waals surface area contributed by atoms with Crippen LogP contribution in [-0.4, -0.2) is 48.0 Å². The fourth-order valence-corrected chi connectivity index (χ4v) is 5.34. The number of nitrogen functional groups attached to an aromatic ring is 1. The Balaban J connectivity index is 1.84. The quantitative estimate of drug-likeness (QED) is 0.330. The van der Waals surface area contributed by atoms with Crippen molar-refractivity contribution in [3.8, 4) is 5.75 Å². The molecule has 2 aromatic carbocycles. The van der Waals surface area contributed by atoms with Crippen LogP contribution >= 0.6 is 11.5 Å². The fourth-order valence-electron chi connectivity index (χ4n) is 4.60. The van der Waals surface area contributed by atoms with E-state index in [2.05, 4.69) is 9.69 Å². The molecule has 3 amide bonds. The third-order valence-electron chi connectivity index (χ3n) is 6.55. The number of nitrogens with two attached hydrogens (primary N) is 2. The molecule has 1 aromatic heterocycles. The number of rotatable bonds is 11. The van der Waals surface area contributed by atoms with E-state index in [-0.39, 0.29) is 28.3 Å². The maximum atomic E-state index is 14.3. The summed E-state index contributed by atoms with van der Waals surface area (Å²) in [6, 6.07) is 13.4. The maximum Gasteiger partial charge on any atom is 0.273 e. The second-order valence-electron chi connectivity index (χ2n) is 9.08. The summed E-state index contributed by atoms with van der Waals surface area (Å²) >= 11 is 0.777. The summed E-state index contributed by atoms with van der Waals surface area (Å²) < 4.78 is 15.3. The average molecular weight is 552 g/mol. The van der Waals surface area contributed by atoms with Crippen molar-refractivity contribution in [2.24, 2.45) is 5.73 Å². The smallest absolute Gasteiger partial charge is 0.273 e. The van der Waals surface area contributed by atoms with Gasteiger partial charge in [-0.25, -0.2) is 0 Å². The molecule has 0 saturated carbocycles. The summed E-state index contributed by atoms with van der Waals surface area (Å²) in [5.41, 5.74) is 13.3.